The molecular weight excluding hydrogens is 304 g/mol. The van der Waals surface area contributed by atoms with Gasteiger partial charge in [0.1, 0.15) is 0 Å². The summed E-state index contributed by atoms with van der Waals surface area (Å²) >= 11 is 1.77. The van der Waals surface area contributed by atoms with Crippen LogP contribution in [-0.4, -0.2) is 23.4 Å². The van der Waals surface area contributed by atoms with Crippen molar-refractivity contribution in [2.45, 2.75) is 12.5 Å². The van der Waals surface area contributed by atoms with Gasteiger partial charge < -0.3 is 10.6 Å². The molecule has 3 rings (SSSR count). The first-order valence-electron chi connectivity index (χ1n) is 7.82. The van der Waals surface area contributed by atoms with Crippen molar-refractivity contribution < 1.29 is 0 Å². The van der Waals surface area contributed by atoms with Gasteiger partial charge in [0.2, 0.25) is 0 Å². The molecule has 0 fully saturated rings. The predicted octanol–water partition coefficient (Wildman–Crippen LogP) is 3.91. The van der Waals surface area contributed by atoms with Gasteiger partial charge in [-0.15, -0.1) is 11.3 Å². The third kappa shape index (κ3) is 3.81. The molecule has 0 saturated carbocycles. The van der Waals surface area contributed by atoms with Crippen LogP contribution in [0.2, 0.25) is 0 Å². The number of thiophene rings is 1. The molecule has 23 heavy (non-hydrogen) atoms. The Labute approximate surface area is 141 Å². The zero-order valence-electron chi connectivity index (χ0n) is 13.5. The van der Waals surface area contributed by atoms with E-state index in [2.05, 4.69) is 58.2 Å². The number of aryl methyl sites for hydroxylation is 1. The number of hydrogen-bond donors (Lipinski definition) is 2. The third-order valence-corrected chi connectivity index (χ3v) is 4.92. The first-order valence-corrected chi connectivity index (χ1v) is 8.64. The predicted molar refractivity (Wildman–Crippen MR) is 97.9 cm³/mol. The quantitative estimate of drug-likeness (QED) is 0.692. The average Bonchev–Trinajstić information content (AvgIpc) is 3.21. The Kier molecular flexibility index (Phi) is 5.10. The number of hydrogen-bond acceptors (Lipinski definition) is 4. The summed E-state index contributed by atoms with van der Waals surface area (Å²) in [6.07, 6.45) is 2.88. The summed E-state index contributed by atoms with van der Waals surface area (Å²) in [5, 5.41) is 12.4. The van der Waals surface area contributed by atoms with Crippen molar-refractivity contribution in [2.24, 2.45) is 7.05 Å². The summed E-state index contributed by atoms with van der Waals surface area (Å²) < 4.78 is 1.91. The van der Waals surface area contributed by atoms with Crippen LogP contribution in [0.4, 0.5) is 5.00 Å². The van der Waals surface area contributed by atoms with Gasteiger partial charge in [-0.25, -0.2) is 0 Å². The second kappa shape index (κ2) is 7.44. The van der Waals surface area contributed by atoms with Crippen molar-refractivity contribution in [3.8, 4) is 10.6 Å². The van der Waals surface area contributed by atoms with Crippen LogP contribution in [0.25, 0.3) is 10.6 Å². The zero-order valence-corrected chi connectivity index (χ0v) is 14.3. The molecule has 2 aromatic heterocycles. The minimum atomic E-state index is 0.307. The molecule has 0 aliphatic rings. The Morgan fingerprint density at radius 2 is 1.96 bits per heavy atom. The lowest BCUT2D eigenvalue weighted by atomic mass is 10.0. The molecular formula is C18H22N4S. The highest BCUT2D eigenvalue weighted by molar-refractivity contribution is 7.19. The maximum absolute atomic E-state index is 4.25. The lowest BCUT2D eigenvalue weighted by molar-refractivity contribution is 0.647. The molecule has 2 N–H and O–H groups in total. The summed E-state index contributed by atoms with van der Waals surface area (Å²) in [6, 6.07) is 17.3. The van der Waals surface area contributed by atoms with Crippen LogP contribution in [0.5, 0.6) is 0 Å². The first kappa shape index (κ1) is 15.8. The molecule has 4 nitrogen and oxygen atoms in total. The van der Waals surface area contributed by atoms with Gasteiger partial charge in [0, 0.05) is 13.2 Å². The fraction of sp³-hybridized carbons (Fsp3) is 0.278. The second-order valence-corrected chi connectivity index (χ2v) is 6.59. The van der Waals surface area contributed by atoms with Gasteiger partial charge in [0.25, 0.3) is 0 Å². The van der Waals surface area contributed by atoms with Gasteiger partial charge in [0.15, 0.2) is 0 Å². The van der Waals surface area contributed by atoms with Crippen molar-refractivity contribution in [1.82, 2.24) is 15.1 Å². The Hall–Kier alpha value is -2.11. The third-order valence-electron chi connectivity index (χ3n) is 3.88. The number of benzene rings is 1. The zero-order chi connectivity index (χ0) is 16.1. The Bertz CT molecular complexity index is 732. The van der Waals surface area contributed by atoms with Gasteiger partial charge >= 0.3 is 0 Å². The Morgan fingerprint density at radius 1 is 1.13 bits per heavy atom. The van der Waals surface area contributed by atoms with Crippen LogP contribution in [0.15, 0.2) is 54.7 Å². The van der Waals surface area contributed by atoms with Crippen LogP contribution in [0.3, 0.4) is 0 Å². The average molecular weight is 326 g/mol. The van der Waals surface area contributed by atoms with Gasteiger partial charge in [-0.3, -0.25) is 4.68 Å². The molecule has 0 aliphatic carbocycles. The van der Waals surface area contributed by atoms with Crippen molar-refractivity contribution >= 4 is 16.3 Å². The van der Waals surface area contributed by atoms with Crippen LogP contribution in [-0.2, 0) is 7.05 Å². The van der Waals surface area contributed by atoms with Crippen molar-refractivity contribution in [3.05, 3.63) is 60.3 Å². The van der Waals surface area contributed by atoms with Crippen molar-refractivity contribution in [1.29, 1.82) is 0 Å². The molecule has 1 aromatic carbocycles. The highest BCUT2D eigenvalue weighted by Gasteiger charge is 2.13. The van der Waals surface area contributed by atoms with E-state index in [0.717, 1.165) is 18.7 Å². The monoisotopic (exact) mass is 326 g/mol. The molecule has 2 heterocycles. The maximum atomic E-state index is 4.25. The molecule has 3 aromatic rings. The number of nitrogens with zero attached hydrogens (tertiary/aromatic N) is 2. The highest BCUT2D eigenvalue weighted by atomic mass is 32.1. The first-order chi connectivity index (χ1) is 11.3. The minimum absolute atomic E-state index is 0.307. The van der Waals surface area contributed by atoms with E-state index >= 15 is 0 Å². The molecule has 1 atom stereocenters. The summed E-state index contributed by atoms with van der Waals surface area (Å²) in [5.41, 5.74) is 2.47. The maximum Gasteiger partial charge on any atom is 0.0894 e. The topological polar surface area (TPSA) is 41.9 Å². The molecule has 0 bridgehead atoms. The number of aromatic nitrogens is 2. The molecule has 0 amide bonds. The van der Waals surface area contributed by atoms with E-state index in [4.69, 9.17) is 0 Å². The molecule has 0 saturated heterocycles. The van der Waals surface area contributed by atoms with E-state index < -0.39 is 0 Å². The SMILES string of the molecule is CNCCC(Nc1ccc(-c2ccnn2C)s1)c1ccccc1. The molecule has 1 unspecified atom stereocenters. The van der Waals surface area contributed by atoms with Gasteiger partial charge in [0.05, 0.1) is 21.6 Å². The minimum Gasteiger partial charge on any atom is -0.370 e. The van der Waals surface area contributed by atoms with Crippen molar-refractivity contribution in [2.75, 3.05) is 18.9 Å². The van der Waals surface area contributed by atoms with E-state index in [1.807, 2.05) is 31.0 Å². The number of nitrogens with one attached hydrogen (secondary N) is 2. The van der Waals surface area contributed by atoms with Crippen molar-refractivity contribution in [3.63, 3.8) is 0 Å². The van der Waals surface area contributed by atoms with Gasteiger partial charge in [-0.1, -0.05) is 30.3 Å². The summed E-state index contributed by atoms with van der Waals surface area (Å²) in [5.74, 6) is 0. The van der Waals surface area contributed by atoms with Crippen LogP contribution in [0, 0.1) is 0 Å². The highest BCUT2D eigenvalue weighted by Crippen LogP contribution is 2.33. The van der Waals surface area contributed by atoms with Gasteiger partial charge in [-0.2, -0.15) is 5.10 Å². The lowest BCUT2D eigenvalue weighted by Crippen LogP contribution is -2.17. The largest absolute Gasteiger partial charge is 0.370 e. The van der Waals surface area contributed by atoms with Crippen LogP contribution in [0.1, 0.15) is 18.0 Å². The fourth-order valence-corrected chi connectivity index (χ4v) is 3.65. The van der Waals surface area contributed by atoms with E-state index in [9.17, 15) is 0 Å². The molecule has 0 aliphatic heterocycles. The Morgan fingerprint density at radius 3 is 2.65 bits per heavy atom. The van der Waals surface area contributed by atoms with Crippen LogP contribution < -0.4 is 10.6 Å². The number of anilines is 1. The van der Waals surface area contributed by atoms with Gasteiger partial charge in [-0.05, 0) is 43.8 Å². The standard InChI is InChI=1S/C18H22N4S/c1-19-12-10-15(14-6-4-3-5-7-14)21-18-9-8-17(23-18)16-11-13-20-22(16)2/h3-9,11,13,15,19,21H,10,12H2,1-2H3. The van der Waals surface area contributed by atoms with E-state index in [1.54, 1.807) is 11.3 Å². The molecule has 120 valence electrons. The second-order valence-electron chi connectivity index (χ2n) is 5.50. The number of rotatable bonds is 7. The normalized spacial score (nSPS) is 12.3. The fourth-order valence-electron chi connectivity index (χ4n) is 2.64. The van der Waals surface area contributed by atoms with Crippen LogP contribution >= 0.6 is 11.3 Å². The lowest BCUT2D eigenvalue weighted by Gasteiger charge is -2.19. The van der Waals surface area contributed by atoms with E-state index in [0.29, 0.717) is 6.04 Å². The molecule has 5 heteroatoms. The smallest absolute Gasteiger partial charge is 0.0894 e. The molecule has 0 radical (unpaired) electrons. The molecule has 0 spiro atoms. The summed E-state index contributed by atoms with van der Waals surface area (Å²) in [7, 11) is 3.97. The van der Waals surface area contributed by atoms with E-state index in [1.165, 1.54) is 15.4 Å². The Balaban J connectivity index is 1.78. The summed E-state index contributed by atoms with van der Waals surface area (Å²) in [4.78, 5) is 1.23. The van der Waals surface area contributed by atoms with E-state index in [-0.39, 0.29) is 0 Å². The summed E-state index contributed by atoms with van der Waals surface area (Å²) in [6.45, 7) is 0.979.